The predicted octanol–water partition coefficient (Wildman–Crippen LogP) is 3.30. The van der Waals surface area contributed by atoms with Crippen LogP contribution in [-0.2, 0) is 9.59 Å². The zero-order valence-corrected chi connectivity index (χ0v) is 14.7. The highest BCUT2D eigenvalue weighted by Crippen LogP contribution is 2.35. The highest BCUT2D eigenvalue weighted by Gasteiger charge is 2.30. The summed E-state index contributed by atoms with van der Waals surface area (Å²) in [6.07, 6.45) is 4.51. The van der Waals surface area contributed by atoms with Crippen LogP contribution in [0.1, 0.15) is 48.8 Å². The van der Waals surface area contributed by atoms with Crippen LogP contribution in [0.25, 0.3) is 0 Å². The van der Waals surface area contributed by atoms with E-state index in [2.05, 4.69) is 16.4 Å². The van der Waals surface area contributed by atoms with Gasteiger partial charge in [0, 0.05) is 55.3 Å². The zero-order chi connectivity index (χ0) is 17.9. The first-order valence-corrected chi connectivity index (χ1v) is 9.28. The molecule has 3 heterocycles. The fraction of sp³-hybridized carbons (Fsp3) is 0.381. The van der Waals surface area contributed by atoms with Gasteiger partial charge in [0.2, 0.25) is 11.8 Å². The average Bonchev–Trinajstić information content (AvgIpc) is 2.68. The van der Waals surface area contributed by atoms with Crippen LogP contribution in [0.15, 0.2) is 48.7 Å². The molecule has 0 spiro atoms. The van der Waals surface area contributed by atoms with Crippen molar-refractivity contribution in [3.05, 3.63) is 59.9 Å². The Balaban J connectivity index is 1.38. The molecule has 0 saturated carbocycles. The van der Waals surface area contributed by atoms with E-state index in [-0.39, 0.29) is 17.7 Å². The molecule has 1 unspecified atom stereocenters. The first kappa shape index (κ1) is 16.8. The summed E-state index contributed by atoms with van der Waals surface area (Å²) in [7, 11) is 0. The number of rotatable bonds is 3. The van der Waals surface area contributed by atoms with Crippen molar-refractivity contribution < 1.29 is 9.59 Å². The number of piperidine rings is 1. The largest absolute Gasteiger partial charge is 0.343 e. The molecular formula is C21H23N3O2. The number of hydrogen-bond donors (Lipinski definition) is 1. The van der Waals surface area contributed by atoms with Gasteiger partial charge in [-0.05, 0) is 36.6 Å². The van der Waals surface area contributed by atoms with Crippen LogP contribution in [0.5, 0.6) is 0 Å². The third kappa shape index (κ3) is 3.47. The predicted molar refractivity (Wildman–Crippen MR) is 99.8 cm³/mol. The molecule has 0 aliphatic carbocycles. The van der Waals surface area contributed by atoms with Crippen molar-refractivity contribution >= 4 is 17.5 Å². The smallest absolute Gasteiger partial charge is 0.225 e. The van der Waals surface area contributed by atoms with Gasteiger partial charge < -0.3 is 10.2 Å². The third-order valence-corrected chi connectivity index (χ3v) is 5.48. The molecule has 1 N–H and O–H groups in total. The van der Waals surface area contributed by atoms with E-state index < -0.39 is 0 Å². The van der Waals surface area contributed by atoms with E-state index in [1.165, 1.54) is 0 Å². The lowest BCUT2D eigenvalue weighted by Gasteiger charge is -2.33. The standard InChI is InChI=1S/C21H23N3O2/c25-20-13-16(17-5-1-2-7-19(17)23-20)14-21(26)24-11-8-15(9-12-24)18-6-3-4-10-22-18/h1-7,10,15-16H,8-9,11-14H2,(H,23,25). The Morgan fingerprint density at radius 1 is 1.12 bits per heavy atom. The minimum absolute atomic E-state index is 0.00430. The molecular weight excluding hydrogens is 326 g/mol. The molecule has 2 aliphatic heterocycles. The first-order valence-electron chi connectivity index (χ1n) is 9.28. The quantitative estimate of drug-likeness (QED) is 0.925. The molecule has 4 rings (SSSR count). The summed E-state index contributed by atoms with van der Waals surface area (Å²) in [5.41, 5.74) is 3.04. The molecule has 1 aromatic heterocycles. The van der Waals surface area contributed by atoms with Crippen LogP contribution in [-0.4, -0.2) is 34.8 Å². The van der Waals surface area contributed by atoms with Crippen LogP contribution in [0.3, 0.4) is 0 Å². The minimum Gasteiger partial charge on any atom is -0.343 e. The summed E-state index contributed by atoms with van der Waals surface area (Å²) in [6.45, 7) is 1.53. The van der Waals surface area contributed by atoms with E-state index in [1.54, 1.807) is 0 Å². The Bertz CT molecular complexity index is 798. The van der Waals surface area contributed by atoms with E-state index in [0.717, 1.165) is 42.9 Å². The topological polar surface area (TPSA) is 62.3 Å². The molecule has 5 nitrogen and oxygen atoms in total. The number of hydrogen-bond acceptors (Lipinski definition) is 3. The number of amides is 2. The monoisotopic (exact) mass is 349 g/mol. The SMILES string of the molecule is O=C1CC(CC(=O)N2CCC(c3ccccn3)CC2)c2ccccc2N1. The van der Waals surface area contributed by atoms with Crippen molar-refractivity contribution in [1.29, 1.82) is 0 Å². The summed E-state index contributed by atoms with van der Waals surface area (Å²) < 4.78 is 0. The number of para-hydroxylation sites is 1. The van der Waals surface area contributed by atoms with Crippen molar-refractivity contribution in [2.75, 3.05) is 18.4 Å². The second-order valence-electron chi connectivity index (χ2n) is 7.15. The second kappa shape index (κ2) is 7.28. The molecule has 2 aromatic rings. The van der Waals surface area contributed by atoms with Gasteiger partial charge >= 0.3 is 0 Å². The molecule has 1 atom stereocenters. The van der Waals surface area contributed by atoms with Gasteiger partial charge in [-0.3, -0.25) is 14.6 Å². The number of carbonyl (C=O) groups is 2. The molecule has 0 radical (unpaired) electrons. The number of nitrogens with one attached hydrogen (secondary N) is 1. The third-order valence-electron chi connectivity index (χ3n) is 5.48. The van der Waals surface area contributed by atoms with Crippen molar-refractivity contribution in [3.8, 4) is 0 Å². The normalized spacial score (nSPS) is 20.4. The van der Waals surface area contributed by atoms with E-state index in [9.17, 15) is 9.59 Å². The van der Waals surface area contributed by atoms with Gasteiger partial charge in [-0.25, -0.2) is 0 Å². The van der Waals surface area contributed by atoms with Crippen molar-refractivity contribution in [2.45, 2.75) is 37.5 Å². The van der Waals surface area contributed by atoms with Crippen molar-refractivity contribution in [2.24, 2.45) is 0 Å². The summed E-state index contributed by atoms with van der Waals surface area (Å²) in [4.78, 5) is 31.2. The Hall–Kier alpha value is -2.69. The zero-order valence-electron chi connectivity index (χ0n) is 14.7. The van der Waals surface area contributed by atoms with Gasteiger partial charge in [0.1, 0.15) is 0 Å². The Morgan fingerprint density at radius 2 is 1.88 bits per heavy atom. The van der Waals surface area contributed by atoms with E-state index >= 15 is 0 Å². The molecule has 1 fully saturated rings. The number of fused-ring (bicyclic) bond motifs is 1. The van der Waals surface area contributed by atoms with Gasteiger partial charge in [0.15, 0.2) is 0 Å². The lowest BCUT2D eigenvalue weighted by atomic mass is 9.87. The fourth-order valence-electron chi connectivity index (χ4n) is 4.07. The van der Waals surface area contributed by atoms with Gasteiger partial charge in [-0.15, -0.1) is 0 Å². The lowest BCUT2D eigenvalue weighted by molar-refractivity contribution is -0.132. The molecule has 26 heavy (non-hydrogen) atoms. The highest BCUT2D eigenvalue weighted by molar-refractivity contribution is 5.95. The van der Waals surface area contributed by atoms with Crippen LogP contribution in [0.2, 0.25) is 0 Å². The Kier molecular flexibility index (Phi) is 4.69. The second-order valence-corrected chi connectivity index (χ2v) is 7.15. The summed E-state index contributed by atoms with van der Waals surface area (Å²) >= 11 is 0. The molecule has 2 amide bonds. The van der Waals surface area contributed by atoms with E-state index in [1.807, 2.05) is 47.5 Å². The first-order chi connectivity index (χ1) is 12.7. The maximum Gasteiger partial charge on any atom is 0.225 e. The number of anilines is 1. The number of likely N-dealkylation sites (tertiary alicyclic amines) is 1. The maximum absolute atomic E-state index is 12.8. The molecule has 5 heteroatoms. The minimum atomic E-state index is -0.0269. The van der Waals surface area contributed by atoms with Gasteiger partial charge in [-0.2, -0.15) is 0 Å². The van der Waals surface area contributed by atoms with Crippen molar-refractivity contribution in [3.63, 3.8) is 0 Å². The maximum atomic E-state index is 12.8. The van der Waals surface area contributed by atoms with Crippen molar-refractivity contribution in [1.82, 2.24) is 9.88 Å². The lowest BCUT2D eigenvalue weighted by Crippen LogP contribution is -2.39. The van der Waals surface area contributed by atoms with Gasteiger partial charge in [0.05, 0.1) is 0 Å². The molecule has 1 aromatic carbocycles. The number of aromatic nitrogens is 1. The van der Waals surface area contributed by atoms with E-state index in [4.69, 9.17) is 0 Å². The van der Waals surface area contributed by atoms with Crippen LogP contribution in [0, 0.1) is 0 Å². The number of carbonyl (C=O) groups excluding carboxylic acids is 2. The molecule has 0 bridgehead atoms. The number of pyridine rings is 1. The van der Waals surface area contributed by atoms with Crippen LogP contribution >= 0.6 is 0 Å². The highest BCUT2D eigenvalue weighted by atomic mass is 16.2. The number of nitrogens with zero attached hydrogens (tertiary/aromatic N) is 2. The van der Waals surface area contributed by atoms with Gasteiger partial charge in [-0.1, -0.05) is 24.3 Å². The molecule has 2 aliphatic rings. The van der Waals surface area contributed by atoms with Gasteiger partial charge in [0.25, 0.3) is 0 Å². The number of benzene rings is 1. The average molecular weight is 349 g/mol. The Labute approximate surface area is 153 Å². The summed E-state index contributed by atoms with van der Waals surface area (Å²) in [5.74, 6) is 0.553. The summed E-state index contributed by atoms with van der Waals surface area (Å²) in [5, 5.41) is 2.90. The van der Waals surface area contributed by atoms with E-state index in [0.29, 0.717) is 18.8 Å². The Morgan fingerprint density at radius 3 is 2.65 bits per heavy atom. The van der Waals surface area contributed by atoms with Crippen LogP contribution in [0.4, 0.5) is 5.69 Å². The fourth-order valence-corrected chi connectivity index (χ4v) is 4.07. The molecule has 134 valence electrons. The molecule has 1 saturated heterocycles. The summed E-state index contributed by atoms with van der Waals surface area (Å²) in [6, 6.07) is 13.8. The van der Waals surface area contributed by atoms with Crippen LogP contribution < -0.4 is 5.32 Å².